The summed E-state index contributed by atoms with van der Waals surface area (Å²) in [4.78, 5) is 24.1. The maximum Gasteiger partial charge on any atom is 0.239 e. The molecule has 2 fully saturated rings. The number of hydrogen-bond acceptors (Lipinski definition) is 4. The predicted molar refractivity (Wildman–Crippen MR) is 53.4 cm³/mol. The Morgan fingerprint density at radius 3 is 3.00 bits per heavy atom. The molecule has 0 aromatic carbocycles. The zero-order chi connectivity index (χ0) is 10.7. The third-order valence-electron chi connectivity index (χ3n) is 2.77. The fourth-order valence-corrected chi connectivity index (χ4v) is 1.72. The number of ether oxygens (including phenoxy) is 1. The van der Waals surface area contributed by atoms with E-state index in [2.05, 4.69) is 5.32 Å². The normalized spacial score (nSPS) is 27.3. The molecular weight excluding hydrogens is 196 g/mol. The highest BCUT2D eigenvalue weighted by molar-refractivity contribution is 5.82. The van der Waals surface area contributed by atoms with Crippen LogP contribution in [-0.2, 0) is 14.3 Å². The second-order valence-corrected chi connectivity index (χ2v) is 4.04. The molecule has 1 unspecified atom stereocenters. The number of carbonyl (C=O) groups is 2. The summed E-state index contributed by atoms with van der Waals surface area (Å²) in [6.45, 7) is 1.96. The minimum Gasteiger partial charge on any atom is -0.378 e. The fraction of sp³-hybridized carbons (Fsp3) is 0.800. The molecule has 1 N–H and O–H groups in total. The van der Waals surface area contributed by atoms with Gasteiger partial charge in [0.15, 0.2) is 0 Å². The molecule has 0 bridgehead atoms. The quantitative estimate of drug-likeness (QED) is 0.618. The monoisotopic (exact) mass is 212 g/mol. The summed E-state index contributed by atoms with van der Waals surface area (Å²) in [6.07, 6.45) is 2.99. The van der Waals surface area contributed by atoms with Gasteiger partial charge in [-0.25, -0.2) is 0 Å². The molecule has 0 radical (unpaired) electrons. The molecule has 1 heterocycles. The highest BCUT2D eigenvalue weighted by Crippen LogP contribution is 2.19. The number of amides is 1. The second-order valence-electron chi connectivity index (χ2n) is 4.04. The van der Waals surface area contributed by atoms with Crippen LogP contribution in [0.3, 0.4) is 0 Å². The summed E-state index contributed by atoms with van der Waals surface area (Å²) in [5.74, 6) is -0.000880. The molecule has 5 nitrogen and oxygen atoms in total. The van der Waals surface area contributed by atoms with E-state index in [1.165, 1.54) is 0 Å². The van der Waals surface area contributed by atoms with Crippen molar-refractivity contribution in [2.24, 2.45) is 0 Å². The first kappa shape index (κ1) is 10.6. The number of morpholine rings is 1. The van der Waals surface area contributed by atoms with E-state index < -0.39 is 0 Å². The van der Waals surface area contributed by atoms with Gasteiger partial charge in [0, 0.05) is 12.6 Å². The Morgan fingerprint density at radius 1 is 1.53 bits per heavy atom. The van der Waals surface area contributed by atoms with Crippen LogP contribution in [0.2, 0.25) is 0 Å². The number of rotatable bonds is 4. The Balaban J connectivity index is 1.89. The fourth-order valence-electron chi connectivity index (χ4n) is 1.72. The standard InChI is InChI=1S/C10H16N2O3/c13-5-3-12-4-6-15-7-9(12)10(14)11-8-1-2-8/h5,8-9H,1-4,6-7H2,(H,11,14). The molecule has 5 heteroatoms. The molecule has 2 aliphatic rings. The number of aldehydes is 1. The number of hydrogen-bond donors (Lipinski definition) is 1. The van der Waals surface area contributed by atoms with Gasteiger partial charge in [0.1, 0.15) is 12.3 Å². The summed E-state index contributed by atoms with van der Waals surface area (Å²) in [6, 6.07) is 0.0713. The first-order chi connectivity index (χ1) is 7.31. The van der Waals surface area contributed by atoms with Gasteiger partial charge in [0.25, 0.3) is 0 Å². The Kier molecular flexibility index (Phi) is 3.33. The Morgan fingerprint density at radius 2 is 2.33 bits per heavy atom. The largest absolute Gasteiger partial charge is 0.378 e. The van der Waals surface area contributed by atoms with Crippen LogP contribution in [-0.4, -0.2) is 55.5 Å². The van der Waals surface area contributed by atoms with Crippen molar-refractivity contribution < 1.29 is 14.3 Å². The third-order valence-corrected chi connectivity index (χ3v) is 2.77. The molecule has 1 saturated carbocycles. The van der Waals surface area contributed by atoms with Crippen LogP contribution in [0.15, 0.2) is 0 Å². The van der Waals surface area contributed by atoms with E-state index in [0.29, 0.717) is 32.3 Å². The van der Waals surface area contributed by atoms with Crippen LogP contribution in [0.25, 0.3) is 0 Å². The molecular formula is C10H16N2O3. The highest BCUT2D eigenvalue weighted by atomic mass is 16.5. The van der Waals surface area contributed by atoms with Gasteiger partial charge in [0.05, 0.1) is 19.8 Å². The lowest BCUT2D eigenvalue weighted by molar-refractivity contribution is -0.133. The Bertz CT molecular complexity index is 253. The minimum atomic E-state index is -0.287. The van der Waals surface area contributed by atoms with E-state index in [1.807, 2.05) is 4.90 Å². The lowest BCUT2D eigenvalue weighted by Crippen LogP contribution is -2.54. The molecule has 2 rings (SSSR count). The van der Waals surface area contributed by atoms with E-state index in [9.17, 15) is 9.59 Å². The maximum atomic E-state index is 11.8. The van der Waals surface area contributed by atoms with Gasteiger partial charge in [0.2, 0.25) is 5.91 Å². The van der Waals surface area contributed by atoms with E-state index in [-0.39, 0.29) is 11.9 Å². The van der Waals surface area contributed by atoms with Crippen molar-refractivity contribution in [3.63, 3.8) is 0 Å². The Labute approximate surface area is 88.8 Å². The van der Waals surface area contributed by atoms with Gasteiger partial charge in [-0.15, -0.1) is 0 Å². The molecule has 1 saturated heterocycles. The third kappa shape index (κ3) is 2.76. The van der Waals surface area contributed by atoms with Gasteiger partial charge in [-0.05, 0) is 12.8 Å². The average Bonchev–Trinajstić information content (AvgIpc) is 3.03. The van der Waals surface area contributed by atoms with Crippen molar-refractivity contribution in [1.82, 2.24) is 10.2 Å². The van der Waals surface area contributed by atoms with Crippen molar-refractivity contribution in [2.75, 3.05) is 26.3 Å². The first-order valence-corrected chi connectivity index (χ1v) is 5.37. The molecule has 15 heavy (non-hydrogen) atoms. The van der Waals surface area contributed by atoms with Crippen LogP contribution in [0.1, 0.15) is 12.8 Å². The van der Waals surface area contributed by atoms with E-state index in [1.54, 1.807) is 0 Å². The lowest BCUT2D eigenvalue weighted by Gasteiger charge is -2.33. The number of nitrogens with one attached hydrogen (secondary N) is 1. The van der Waals surface area contributed by atoms with E-state index in [0.717, 1.165) is 19.1 Å². The molecule has 84 valence electrons. The van der Waals surface area contributed by atoms with Crippen molar-refractivity contribution in [3.8, 4) is 0 Å². The molecule has 0 spiro atoms. The molecule has 0 aromatic heterocycles. The van der Waals surface area contributed by atoms with Gasteiger partial charge >= 0.3 is 0 Å². The maximum absolute atomic E-state index is 11.8. The van der Waals surface area contributed by atoms with Crippen molar-refractivity contribution in [3.05, 3.63) is 0 Å². The average molecular weight is 212 g/mol. The second kappa shape index (κ2) is 4.72. The summed E-state index contributed by atoms with van der Waals surface area (Å²) < 4.78 is 5.26. The van der Waals surface area contributed by atoms with Crippen LogP contribution in [0.4, 0.5) is 0 Å². The number of nitrogens with zero attached hydrogens (tertiary/aromatic N) is 1. The smallest absolute Gasteiger partial charge is 0.239 e. The first-order valence-electron chi connectivity index (χ1n) is 5.37. The lowest BCUT2D eigenvalue weighted by atomic mass is 10.2. The minimum absolute atomic E-state index is 0.000880. The summed E-state index contributed by atoms with van der Waals surface area (Å²) in [5.41, 5.74) is 0. The zero-order valence-corrected chi connectivity index (χ0v) is 8.65. The van der Waals surface area contributed by atoms with Crippen LogP contribution in [0, 0.1) is 0 Å². The molecule has 1 atom stereocenters. The van der Waals surface area contributed by atoms with E-state index in [4.69, 9.17) is 4.74 Å². The number of carbonyl (C=O) groups excluding carboxylic acids is 2. The van der Waals surface area contributed by atoms with Gasteiger partial charge in [-0.2, -0.15) is 0 Å². The Hall–Kier alpha value is -0.940. The molecule has 1 aliphatic carbocycles. The zero-order valence-electron chi connectivity index (χ0n) is 8.65. The van der Waals surface area contributed by atoms with Crippen LogP contribution in [0.5, 0.6) is 0 Å². The predicted octanol–water partition coefficient (Wildman–Crippen LogP) is -0.835. The topological polar surface area (TPSA) is 58.6 Å². The van der Waals surface area contributed by atoms with Gasteiger partial charge in [-0.3, -0.25) is 9.69 Å². The molecule has 1 aliphatic heterocycles. The molecule has 1 amide bonds. The summed E-state index contributed by atoms with van der Waals surface area (Å²) in [7, 11) is 0. The van der Waals surface area contributed by atoms with Crippen molar-refractivity contribution in [1.29, 1.82) is 0 Å². The van der Waals surface area contributed by atoms with Crippen molar-refractivity contribution >= 4 is 12.2 Å². The van der Waals surface area contributed by atoms with E-state index >= 15 is 0 Å². The summed E-state index contributed by atoms with van der Waals surface area (Å²) >= 11 is 0. The van der Waals surface area contributed by atoms with Crippen LogP contribution < -0.4 is 5.32 Å². The van der Waals surface area contributed by atoms with Crippen molar-refractivity contribution in [2.45, 2.75) is 24.9 Å². The van der Waals surface area contributed by atoms with Gasteiger partial charge < -0.3 is 14.8 Å². The van der Waals surface area contributed by atoms with Crippen LogP contribution >= 0.6 is 0 Å². The summed E-state index contributed by atoms with van der Waals surface area (Å²) in [5, 5.41) is 2.94. The SMILES string of the molecule is O=CCN1CCOCC1C(=O)NC1CC1. The highest BCUT2D eigenvalue weighted by Gasteiger charge is 2.32. The van der Waals surface area contributed by atoms with Gasteiger partial charge in [-0.1, -0.05) is 0 Å². The molecule has 0 aromatic rings.